The quantitative estimate of drug-likeness (QED) is 0.784. The Morgan fingerprint density at radius 1 is 1.29 bits per heavy atom. The van der Waals surface area contributed by atoms with Gasteiger partial charge in [-0.25, -0.2) is 8.42 Å². The lowest BCUT2D eigenvalue weighted by molar-refractivity contribution is 0.539. The fourth-order valence-electron chi connectivity index (χ4n) is 0.929. The molecule has 0 aliphatic heterocycles. The van der Waals surface area contributed by atoms with Crippen molar-refractivity contribution in [2.24, 2.45) is 5.73 Å². The standard InChI is InChI=1S/C8H11ClN2O2S/c9-11(7-6-10)14(12,13)8-4-2-1-3-5-8/h1-5H,6-7,10H2. The highest BCUT2D eigenvalue weighted by Crippen LogP contribution is 2.16. The van der Waals surface area contributed by atoms with Crippen LogP contribution in [0.4, 0.5) is 0 Å². The van der Waals surface area contributed by atoms with Gasteiger partial charge in [-0.05, 0) is 23.9 Å². The highest BCUT2D eigenvalue weighted by Gasteiger charge is 2.21. The Hall–Kier alpha value is -0.620. The third kappa shape index (κ3) is 2.45. The van der Waals surface area contributed by atoms with E-state index in [9.17, 15) is 8.42 Å². The predicted molar refractivity (Wildman–Crippen MR) is 55.2 cm³/mol. The smallest absolute Gasteiger partial charge is 0.256 e. The van der Waals surface area contributed by atoms with Crippen molar-refractivity contribution in [3.63, 3.8) is 0 Å². The molecular weight excluding hydrogens is 224 g/mol. The SMILES string of the molecule is NCCN(Cl)S(=O)(=O)c1ccccc1. The van der Waals surface area contributed by atoms with E-state index in [2.05, 4.69) is 0 Å². The van der Waals surface area contributed by atoms with Gasteiger partial charge >= 0.3 is 0 Å². The minimum atomic E-state index is -3.58. The molecule has 6 heteroatoms. The number of rotatable bonds is 4. The molecule has 0 aliphatic carbocycles. The Bertz CT molecular complexity index is 380. The highest BCUT2D eigenvalue weighted by molar-refractivity contribution is 7.90. The van der Waals surface area contributed by atoms with Gasteiger partial charge in [-0.15, -0.1) is 3.82 Å². The molecule has 0 aromatic heterocycles. The first-order valence-electron chi connectivity index (χ1n) is 4.02. The van der Waals surface area contributed by atoms with Gasteiger partial charge in [-0.1, -0.05) is 18.2 Å². The van der Waals surface area contributed by atoms with Crippen LogP contribution in [0.25, 0.3) is 0 Å². The van der Waals surface area contributed by atoms with Crippen LogP contribution in [-0.4, -0.2) is 25.3 Å². The Labute approximate surface area is 88.4 Å². The van der Waals surface area contributed by atoms with E-state index in [1.807, 2.05) is 0 Å². The second-order valence-corrected chi connectivity index (χ2v) is 5.09. The summed E-state index contributed by atoms with van der Waals surface area (Å²) in [7, 11) is -3.58. The lowest BCUT2D eigenvalue weighted by Gasteiger charge is -2.12. The molecular formula is C8H11ClN2O2S. The molecule has 78 valence electrons. The first-order chi connectivity index (χ1) is 6.59. The van der Waals surface area contributed by atoms with Crippen LogP contribution in [0.2, 0.25) is 0 Å². The normalized spacial score (nSPS) is 11.9. The number of sulfonamides is 1. The molecule has 0 atom stereocenters. The summed E-state index contributed by atoms with van der Waals surface area (Å²) >= 11 is 5.57. The maximum atomic E-state index is 11.7. The molecule has 0 amide bonds. The molecule has 0 radical (unpaired) electrons. The van der Waals surface area contributed by atoms with Gasteiger partial charge in [0.2, 0.25) is 0 Å². The molecule has 1 aromatic carbocycles. The van der Waals surface area contributed by atoms with Crippen molar-refractivity contribution in [1.82, 2.24) is 3.82 Å². The van der Waals surface area contributed by atoms with E-state index in [0.717, 1.165) is 3.82 Å². The minimum absolute atomic E-state index is 0.0960. The fourth-order valence-corrected chi connectivity index (χ4v) is 2.34. The van der Waals surface area contributed by atoms with E-state index in [1.165, 1.54) is 12.1 Å². The Morgan fingerprint density at radius 3 is 2.36 bits per heavy atom. The monoisotopic (exact) mass is 234 g/mol. The molecule has 4 nitrogen and oxygen atoms in total. The van der Waals surface area contributed by atoms with Crippen molar-refractivity contribution >= 4 is 21.8 Å². The zero-order chi connectivity index (χ0) is 10.6. The van der Waals surface area contributed by atoms with Gasteiger partial charge in [0.1, 0.15) is 0 Å². The zero-order valence-corrected chi connectivity index (χ0v) is 9.00. The van der Waals surface area contributed by atoms with E-state index in [1.54, 1.807) is 18.2 Å². The molecule has 0 spiro atoms. The molecule has 0 saturated heterocycles. The van der Waals surface area contributed by atoms with Gasteiger partial charge in [0.15, 0.2) is 0 Å². The second kappa shape index (κ2) is 4.75. The number of benzene rings is 1. The predicted octanol–water partition coefficient (Wildman–Crippen LogP) is 0.790. The van der Waals surface area contributed by atoms with Gasteiger partial charge in [0.05, 0.1) is 4.90 Å². The molecule has 0 fully saturated rings. The third-order valence-corrected chi connectivity index (χ3v) is 3.89. The maximum Gasteiger partial charge on any atom is 0.256 e. The van der Waals surface area contributed by atoms with Crippen LogP contribution in [0.15, 0.2) is 35.2 Å². The van der Waals surface area contributed by atoms with Crippen LogP contribution in [0.3, 0.4) is 0 Å². The second-order valence-electron chi connectivity index (χ2n) is 2.62. The molecule has 0 saturated carbocycles. The number of halogens is 1. The first kappa shape index (κ1) is 11.5. The summed E-state index contributed by atoms with van der Waals surface area (Å²) in [6, 6.07) is 7.99. The summed E-state index contributed by atoms with van der Waals surface area (Å²) < 4.78 is 24.0. The average Bonchev–Trinajstić information content (AvgIpc) is 2.19. The minimum Gasteiger partial charge on any atom is -0.329 e. The largest absolute Gasteiger partial charge is 0.329 e. The summed E-state index contributed by atoms with van der Waals surface area (Å²) in [6.45, 7) is 0.286. The van der Waals surface area contributed by atoms with Gasteiger partial charge in [0.25, 0.3) is 10.0 Å². The van der Waals surface area contributed by atoms with Crippen molar-refractivity contribution in [3.05, 3.63) is 30.3 Å². The van der Waals surface area contributed by atoms with Crippen LogP contribution in [0.5, 0.6) is 0 Å². The van der Waals surface area contributed by atoms with Crippen LogP contribution >= 0.6 is 11.8 Å². The van der Waals surface area contributed by atoms with Crippen molar-refractivity contribution in [2.45, 2.75) is 4.90 Å². The highest BCUT2D eigenvalue weighted by atomic mass is 35.5. The summed E-state index contributed by atoms with van der Waals surface area (Å²) in [5.41, 5.74) is 5.21. The lowest BCUT2D eigenvalue weighted by Crippen LogP contribution is -2.27. The first-order valence-corrected chi connectivity index (χ1v) is 5.80. The van der Waals surface area contributed by atoms with Gasteiger partial charge in [-0.3, -0.25) is 0 Å². The van der Waals surface area contributed by atoms with Crippen LogP contribution in [-0.2, 0) is 10.0 Å². The van der Waals surface area contributed by atoms with Gasteiger partial charge < -0.3 is 5.73 Å². The molecule has 14 heavy (non-hydrogen) atoms. The van der Waals surface area contributed by atoms with Gasteiger partial charge in [-0.2, -0.15) is 0 Å². The van der Waals surface area contributed by atoms with Crippen molar-refractivity contribution < 1.29 is 8.42 Å². The van der Waals surface area contributed by atoms with Crippen LogP contribution in [0, 0.1) is 0 Å². The van der Waals surface area contributed by atoms with E-state index >= 15 is 0 Å². The van der Waals surface area contributed by atoms with Crippen LogP contribution < -0.4 is 5.73 Å². The molecule has 0 aliphatic rings. The number of hydrogen-bond donors (Lipinski definition) is 1. The van der Waals surface area contributed by atoms with Crippen molar-refractivity contribution in [1.29, 1.82) is 0 Å². The number of nitrogens with zero attached hydrogens (tertiary/aromatic N) is 1. The number of hydrogen-bond acceptors (Lipinski definition) is 3. The Balaban J connectivity index is 2.97. The van der Waals surface area contributed by atoms with E-state index in [0.29, 0.717) is 0 Å². The topological polar surface area (TPSA) is 63.4 Å². The molecule has 2 N–H and O–H groups in total. The van der Waals surface area contributed by atoms with Crippen LogP contribution in [0.1, 0.15) is 0 Å². The van der Waals surface area contributed by atoms with E-state index in [-0.39, 0.29) is 18.0 Å². The Morgan fingerprint density at radius 2 is 1.86 bits per heavy atom. The lowest BCUT2D eigenvalue weighted by atomic mass is 10.4. The van der Waals surface area contributed by atoms with Crippen molar-refractivity contribution in [2.75, 3.05) is 13.1 Å². The summed E-state index contributed by atoms with van der Waals surface area (Å²) in [5.74, 6) is 0. The van der Waals surface area contributed by atoms with E-state index in [4.69, 9.17) is 17.5 Å². The summed E-state index contributed by atoms with van der Waals surface area (Å²) in [5, 5.41) is 0. The maximum absolute atomic E-state index is 11.7. The summed E-state index contributed by atoms with van der Waals surface area (Å²) in [4.78, 5) is 0.170. The zero-order valence-electron chi connectivity index (χ0n) is 7.43. The Kier molecular flexibility index (Phi) is 3.88. The van der Waals surface area contributed by atoms with Crippen molar-refractivity contribution in [3.8, 4) is 0 Å². The average molecular weight is 235 g/mol. The molecule has 1 rings (SSSR count). The fraction of sp³-hybridized carbons (Fsp3) is 0.250. The molecule has 1 aromatic rings. The summed E-state index contributed by atoms with van der Waals surface area (Å²) in [6.07, 6.45) is 0. The van der Waals surface area contributed by atoms with E-state index < -0.39 is 10.0 Å². The van der Waals surface area contributed by atoms with Gasteiger partial charge in [0, 0.05) is 13.1 Å². The molecule has 0 heterocycles. The third-order valence-electron chi connectivity index (χ3n) is 1.61. The number of nitrogens with two attached hydrogens (primary N) is 1. The molecule has 0 unspecified atom stereocenters. The molecule has 0 bridgehead atoms.